The maximum Gasteiger partial charge on any atom is 0.416 e. The van der Waals surface area contributed by atoms with E-state index in [4.69, 9.17) is 4.74 Å². The van der Waals surface area contributed by atoms with Crippen molar-refractivity contribution >= 4 is 18.0 Å². The van der Waals surface area contributed by atoms with E-state index in [-0.39, 0.29) is 11.5 Å². The third-order valence-corrected chi connectivity index (χ3v) is 3.95. The van der Waals surface area contributed by atoms with Crippen LogP contribution in [0.4, 0.5) is 13.2 Å². The number of alkyl halides is 3. The highest BCUT2D eigenvalue weighted by molar-refractivity contribution is 5.89. The molecule has 2 aromatic carbocycles. The summed E-state index contributed by atoms with van der Waals surface area (Å²) in [5.41, 5.74) is 0.464. The Morgan fingerprint density at radius 1 is 1.11 bits per heavy atom. The predicted molar refractivity (Wildman–Crippen MR) is 99.3 cm³/mol. The molecule has 2 aromatic rings. The van der Waals surface area contributed by atoms with Crippen LogP contribution in [0.3, 0.4) is 0 Å². The summed E-state index contributed by atoms with van der Waals surface area (Å²) in [6, 6.07) is 14.2. The summed E-state index contributed by atoms with van der Waals surface area (Å²) in [4.78, 5) is 23.4. The second-order valence-electron chi connectivity index (χ2n) is 6.18. The molecular weight excluding hydrogens is 371 g/mol. The van der Waals surface area contributed by atoms with E-state index in [1.165, 1.54) is 18.2 Å². The molecule has 0 aliphatic heterocycles. The lowest BCUT2D eigenvalue weighted by Gasteiger charge is -2.12. The number of rotatable bonds is 7. The van der Waals surface area contributed by atoms with Crippen molar-refractivity contribution < 1.29 is 27.5 Å². The number of carbonyl (C=O) groups is 2. The highest BCUT2D eigenvalue weighted by Gasteiger charge is 2.30. The van der Waals surface area contributed by atoms with Crippen LogP contribution in [0.15, 0.2) is 60.7 Å². The van der Waals surface area contributed by atoms with Gasteiger partial charge in [-0.1, -0.05) is 49.4 Å². The van der Waals surface area contributed by atoms with E-state index in [0.717, 1.165) is 23.8 Å². The van der Waals surface area contributed by atoms with E-state index in [9.17, 15) is 22.8 Å². The molecule has 0 aromatic heterocycles. The summed E-state index contributed by atoms with van der Waals surface area (Å²) in [5, 5.41) is 2.67. The molecule has 0 fully saturated rings. The first-order chi connectivity index (χ1) is 13.3. The molecule has 0 spiro atoms. The van der Waals surface area contributed by atoms with Gasteiger partial charge in [-0.3, -0.25) is 4.79 Å². The number of ether oxygens (including phenoxy) is 1. The Morgan fingerprint density at radius 2 is 1.82 bits per heavy atom. The van der Waals surface area contributed by atoms with Gasteiger partial charge in [0, 0.05) is 12.6 Å². The number of esters is 1. The van der Waals surface area contributed by atoms with Crippen LogP contribution in [-0.2, 0) is 20.5 Å². The summed E-state index contributed by atoms with van der Waals surface area (Å²) >= 11 is 0. The van der Waals surface area contributed by atoms with Gasteiger partial charge in [-0.2, -0.15) is 13.2 Å². The van der Waals surface area contributed by atoms with E-state index >= 15 is 0 Å². The molecule has 1 atom stereocenters. The zero-order valence-corrected chi connectivity index (χ0v) is 15.2. The van der Waals surface area contributed by atoms with Crippen LogP contribution >= 0.6 is 0 Å². The van der Waals surface area contributed by atoms with Gasteiger partial charge in [0.15, 0.2) is 6.61 Å². The highest BCUT2D eigenvalue weighted by Crippen LogP contribution is 2.29. The van der Waals surface area contributed by atoms with E-state index in [1.54, 1.807) is 0 Å². The molecular formula is C21H20F3NO3. The summed E-state index contributed by atoms with van der Waals surface area (Å²) in [6.07, 6.45) is -2.28. The van der Waals surface area contributed by atoms with Gasteiger partial charge in [-0.25, -0.2) is 4.79 Å². The molecule has 0 saturated carbocycles. The van der Waals surface area contributed by atoms with Crippen molar-refractivity contribution in [2.45, 2.75) is 19.0 Å². The molecule has 0 saturated heterocycles. The normalized spacial score (nSPS) is 12.6. The maximum absolute atomic E-state index is 12.7. The fourth-order valence-electron chi connectivity index (χ4n) is 2.39. The first-order valence-electron chi connectivity index (χ1n) is 8.59. The third-order valence-electron chi connectivity index (χ3n) is 3.95. The van der Waals surface area contributed by atoms with E-state index in [1.807, 2.05) is 37.3 Å². The number of halogens is 3. The molecule has 1 amide bonds. The first kappa shape index (κ1) is 21.2. The average Bonchev–Trinajstić information content (AvgIpc) is 2.69. The zero-order chi connectivity index (χ0) is 20.6. The lowest BCUT2D eigenvalue weighted by atomic mass is 10.0. The Balaban J connectivity index is 1.77. The number of nitrogens with one attached hydrogen (secondary N) is 1. The maximum atomic E-state index is 12.7. The van der Waals surface area contributed by atoms with Gasteiger partial charge in [-0.05, 0) is 35.3 Å². The minimum Gasteiger partial charge on any atom is -0.452 e. The van der Waals surface area contributed by atoms with E-state index in [2.05, 4.69) is 5.32 Å². The van der Waals surface area contributed by atoms with Crippen LogP contribution in [0, 0.1) is 0 Å². The van der Waals surface area contributed by atoms with Gasteiger partial charge in [0.2, 0.25) is 0 Å². The van der Waals surface area contributed by atoms with Crippen LogP contribution in [0.25, 0.3) is 6.08 Å². The SMILES string of the molecule is C[C@@H](CNC(=O)COC(=O)/C=C/c1cccc(C(F)(F)F)c1)c1ccccc1. The standard InChI is InChI=1S/C21H20F3NO3/c1-15(17-7-3-2-4-8-17)13-25-19(26)14-28-20(27)11-10-16-6-5-9-18(12-16)21(22,23)24/h2-12,15H,13-14H2,1H3,(H,25,26)/b11-10+/t15-/m0/s1. The molecule has 0 radical (unpaired) electrons. The second kappa shape index (κ2) is 9.73. The second-order valence-corrected chi connectivity index (χ2v) is 6.18. The molecule has 0 unspecified atom stereocenters. The average molecular weight is 391 g/mol. The third kappa shape index (κ3) is 6.90. The van der Waals surface area contributed by atoms with Crippen molar-refractivity contribution in [3.05, 3.63) is 77.4 Å². The molecule has 0 heterocycles. The number of benzene rings is 2. The van der Waals surface area contributed by atoms with Crippen LogP contribution in [0.1, 0.15) is 29.5 Å². The highest BCUT2D eigenvalue weighted by atomic mass is 19.4. The van der Waals surface area contributed by atoms with Gasteiger partial charge in [0.25, 0.3) is 5.91 Å². The van der Waals surface area contributed by atoms with Crippen molar-refractivity contribution in [2.75, 3.05) is 13.2 Å². The molecule has 28 heavy (non-hydrogen) atoms. The van der Waals surface area contributed by atoms with Crippen LogP contribution in [0.5, 0.6) is 0 Å². The number of hydrogen-bond donors (Lipinski definition) is 1. The summed E-state index contributed by atoms with van der Waals surface area (Å²) < 4.78 is 42.8. The minimum atomic E-state index is -4.46. The van der Waals surface area contributed by atoms with Crippen molar-refractivity contribution in [2.24, 2.45) is 0 Å². The van der Waals surface area contributed by atoms with Crippen molar-refractivity contribution in [1.29, 1.82) is 0 Å². The molecule has 0 aliphatic carbocycles. The monoisotopic (exact) mass is 391 g/mol. The summed E-state index contributed by atoms with van der Waals surface area (Å²) in [7, 11) is 0. The van der Waals surface area contributed by atoms with Crippen LogP contribution in [-0.4, -0.2) is 25.0 Å². The molecule has 4 nitrogen and oxygen atoms in total. The number of carbonyl (C=O) groups excluding carboxylic acids is 2. The lowest BCUT2D eigenvalue weighted by Crippen LogP contribution is -2.31. The molecule has 1 N–H and O–H groups in total. The number of amides is 1. The molecule has 7 heteroatoms. The molecule has 148 valence electrons. The fourth-order valence-corrected chi connectivity index (χ4v) is 2.39. The Bertz CT molecular complexity index is 832. The van der Waals surface area contributed by atoms with Gasteiger partial charge >= 0.3 is 12.1 Å². The van der Waals surface area contributed by atoms with Crippen LogP contribution < -0.4 is 5.32 Å². The topological polar surface area (TPSA) is 55.4 Å². The predicted octanol–water partition coefficient (Wildman–Crippen LogP) is 4.18. The molecule has 2 rings (SSSR count). The van der Waals surface area contributed by atoms with Crippen LogP contribution in [0.2, 0.25) is 0 Å². The fraction of sp³-hybridized carbons (Fsp3) is 0.238. The Labute approximate surface area is 161 Å². The van der Waals surface area contributed by atoms with E-state index in [0.29, 0.717) is 6.54 Å². The Kier molecular flexibility index (Phi) is 7.37. The smallest absolute Gasteiger partial charge is 0.416 e. The van der Waals surface area contributed by atoms with Gasteiger partial charge in [0.05, 0.1) is 5.56 Å². The quantitative estimate of drug-likeness (QED) is 0.569. The Morgan fingerprint density at radius 3 is 2.50 bits per heavy atom. The Hall–Kier alpha value is -3.09. The van der Waals surface area contributed by atoms with Gasteiger partial charge in [0.1, 0.15) is 0 Å². The van der Waals surface area contributed by atoms with Crippen molar-refractivity contribution in [1.82, 2.24) is 5.32 Å². The molecule has 0 aliphatic rings. The summed E-state index contributed by atoms with van der Waals surface area (Å²) in [6.45, 7) is 1.88. The van der Waals surface area contributed by atoms with Gasteiger partial charge < -0.3 is 10.1 Å². The molecule has 0 bridgehead atoms. The summed E-state index contributed by atoms with van der Waals surface area (Å²) in [5.74, 6) is -1.17. The first-order valence-corrected chi connectivity index (χ1v) is 8.59. The minimum absolute atomic E-state index is 0.0988. The zero-order valence-electron chi connectivity index (χ0n) is 15.2. The van der Waals surface area contributed by atoms with Gasteiger partial charge in [-0.15, -0.1) is 0 Å². The van der Waals surface area contributed by atoms with Crippen molar-refractivity contribution in [3.8, 4) is 0 Å². The number of hydrogen-bond acceptors (Lipinski definition) is 3. The van der Waals surface area contributed by atoms with Crippen molar-refractivity contribution in [3.63, 3.8) is 0 Å². The van der Waals surface area contributed by atoms with E-state index < -0.39 is 30.2 Å². The largest absolute Gasteiger partial charge is 0.452 e. The lowest BCUT2D eigenvalue weighted by molar-refractivity contribution is -0.143.